The van der Waals surface area contributed by atoms with Crippen molar-refractivity contribution < 1.29 is 39.6 Å². The Bertz CT molecular complexity index is 428. The van der Waals surface area contributed by atoms with Crippen LogP contribution in [0.3, 0.4) is 0 Å². The summed E-state index contributed by atoms with van der Waals surface area (Å²) in [6.07, 6.45) is -4.01. The predicted octanol–water partition coefficient (Wildman–Crippen LogP) is -1.48. The lowest BCUT2D eigenvalue weighted by Crippen LogP contribution is -2.69. The molecule has 2 amide bonds. The van der Waals surface area contributed by atoms with E-state index >= 15 is 0 Å². The Kier molecular flexibility index (Phi) is 4.66. The molecule has 112 valence electrons. The highest BCUT2D eigenvalue weighted by molar-refractivity contribution is 5.80. The fraction of sp³-hybridized carbons (Fsp3) is 0.500. The number of nitrogens with one attached hydrogen (secondary N) is 1. The molecule has 1 rings (SSSR count). The largest absolute Gasteiger partial charge is 0.481 e. The molecular weight excluding hydrogens is 280 g/mol. The summed E-state index contributed by atoms with van der Waals surface area (Å²) in [5.41, 5.74) is 2.04. The van der Waals surface area contributed by atoms with Gasteiger partial charge in [-0.3, -0.25) is 9.59 Å². The molecule has 0 aromatic carbocycles. The van der Waals surface area contributed by atoms with Crippen LogP contribution in [0.15, 0.2) is 0 Å². The number of hydrogen-bond donors (Lipinski definition) is 5. The van der Waals surface area contributed by atoms with Crippen LogP contribution in [0.5, 0.6) is 0 Å². The average molecular weight is 292 g/mol. The number of aliphatic carboxylic acids is 2. The highest BCUT2D eigenvalue weighted by Gasteiger charge is 2.38. The van der Waals surface area contributed by atoms with Crippen LogP contribution >= 0.6 is 0 Å². The van der Waals surface area contributed by atoms with E-state index in [4.69, 9.17) is 20.4 Å². The zero-order chi connectivity index (χ0) is 15.4. The van der Waals surface area contributed by atoms with Crippen molar-refractivity contribution in [1.82, 2.24) is 20.7 Å². The summed E-state index contributed by atoms with van der Waals surface area (Å²) in [6, 6.07) is -1.54. The Morgan fingerprint density at radius 2 is 1.60 bits per heavy atom. The Morgan fingerprint density at radius 3 is 2.00 bits per heavy atom. The third-order valence-corrected chi connectivity index (χ3v) is 2.45. The molecule has 1 aliphatic rings. The van der Waals surface area contributed by atoms with Gasteiger partial charge in [0.15, 0.2) is 0 Å². The quantitative estimate of drug-likeness (QED) is 0.411. The molecule has 1 fully saturated rings. The van der Waals surface area contributed by atoms with Crippen LogP contribution in [-0.2, 0) is 9.59 Å². The summed E-state index contributed by atoms with van der Waals surface area (Å²) in [5.74, 6) is -2.87. The smallest absolute Gasteiger partial charge is 0.443 e. The van der Waals surface area contributed by atoms with Crippen molar-refractivity contribution in [2.75, 3.05) is 13.1 Å². The van der Waals surface area contributed by atoms with E-state index in [0.29, 0.717) is 5.01 Å². The maximum Gasteiger partial charge on any atom is 0.443 e. The number of amides is 2. The van der Waals surface area contributed by atoms with Crippen LogP contribution in [0.25, 0.3) is 0 Å². The summed E-state index contributed by atoms with van der Waals surface area (Å²) >= 11 is 0. The van der Waals surface area contributed by atoms with E-state index in [2.05, 4.69) is 0 Å². The van der Waals surface area contributed by atoms with Gasteiger partial charge in [0.1, 0.15) is 6.04 Å². The van der Waals surface area contributed by atoms with Crippen molar-refractivity contribution in [3.05, 3.63) is 0 Å². The van der Waals surface area contributed by atoms with Gasteiger partial charge in [-0.2, -0.15) is 5.01 Å². The first kappa shape index (κ1) is 15.5. The molecule has 0 radical (unpaired) electrons. The highest BCUT2D eigenvalue weighted by Crippen LogP contribution is 2.10. The summed E-state index contributed by atoms with van der Waals surface area (Å²) < 4.78 is 0. The van der Waals surface area contributed by atoms with E-state index in [-0.39, 0.29) is 18.2 Å². The first-order valence-corrected chi connectivity index (χ1v) is 5.25. The van der Waals surface area contributed by atoms with Gasteiger partial charge < -0.3 is 20.4 Å². The van der Waals surface area contributed by atoms with Gasteiger partial charge in [-0.15, -0.1) is 10.7 Å². The second-order valence-electron chi connectivity index (χ2n) is 3.75. The molecule has 1 atom stereocenters. The molecule has 0 bridgehead atoms. The van der Waals surface area contributed by atoms with E-state index in [0.717, 1.165) is 5.01 Å². The van der Waals surface area contributed by atoms with E-state index in [1.54, 1.807) is 0 Å². The molecule has 1 unspecified atom stereocenters. The highest BCUT2D eigenvalue weighted by atomic mass is 16.4. The molecule has 0 aromatic rings. The van der Waals surface area contributed by atoms with Gasteiger partial charge in [0.05, 0.1) is 13.0 Å². The zero-order valence-electron chi connectivity index (χ0n) is 9.96. The van der Waals surface area contributed by atoms with Crippen molar-refractivity contribution in [2.24, 2.45) is 0 Å². The van der Waals surface area contributed by atoms with Crippen LogP contribution in [0, 0.1) is 0 Å². The van der Waals surface area contributed by atoms with E-state index in [1.165, 1.54) is 0 Å². The van der Waals surface area contributed by atoms with E-state index in [1.807, 2.05) is 5.53 Å². The van der Waals surface area contributed by atoms with Gasteiger partial charge in [0, 0.05) is 6.54 Å². The maximum atomic E-state index is 11.0. The number of rotatable bonds is 4. The van der Waals surface area contributed by atoms with Gasteiger partial charge in [-0.05, 0) is 0 Å². The third kappa shape index (κ3) is 3.46. The fourth-order valence-corrected chi connectivity index (χ4v) is 1.58. The standard InChI is InChI=1S/C8H12N4O8/c13-5(14)3-4(6(15)16)10-1-2-11(7(17)18)12(9-10)8(19)20/h4,9H,1-3H2,(H,13,14)(H,15,16)(H,17,18)(H,19,20). The van der Waals surface area contributed by atoms with Crippen molar-refractivity contribution in [1.29, 1.82) is 0 Å². The minimum absolute atomic E-state index is 0.170. The normalized spacial score (nSPS) is 17.6. The molecule has 1 heterocycles. The number of hydrogen-bond acceptors (Lipinski definition) is 6. The third-order valence-electron chi connectivity index (χ3n) is 2.45. The van der Waals surface area contributed by atoms with Gasteiger partial charge in [0.25, 0.3) is 0 Å². The van der Waals surface area contributed by atoms with Gasteiger partial charge >= 0.3 is 24.1 Å². The number of carbonyl (C=O) groups is 4. The Balaban J connectivity index is 2.88. The van der Waals surface area contributed by atoms with Gasteiger partial charge in [0.2, 0.25) is 0 Å². The van der Waals surface area contributed by atoms with Crippen LogP contribution < -0.4 is 5.53 Å². The first-order chi connectivity index (χ1) is 9.23. The lowest BCUT2D eigenvalue weighted by molar-refractivity contribution is -0.170. The molecule has 0 saturated carbocycles. The molecule has 0 spiro atoms. The first-order valence-electron chi connectivity index (χ1n) is 5.25. The van der Waals surface area contributed by atoms with E-state index < -0.39 is 36.6 Å². The number of hydrazine groups is 3. The van der Waals surface area contributed by atoms with Crippen LogP contribution in [0.4, 0.5) is 9.59 Å². The molecule has 0 aliphatic carbocycles. The van der Waals surface area contributed by atoms with Crippen LogP contribution in [-0.4, -0.2) is 78.8 Å². The summed E-state index contributed by atoms with van der Waals surface area (Å²) in [5, 5.41) is 36.6. The molecule has 0 aromatic heterocycles. The molecule has 12 nitrogen and oxygen atoms in total. The number of carboxylic acid groups (broad SMARTS) is 4. The maximum absolute atomic E-state index is 11.0. The summed E-state index contributed by atoms with van der Waals surface area (Å²) in [6.45, 7) is -0.529. The molecule has 1 saturated heterocycles. The van der Waals surface area contributed by atoms with Crippen molar-refractivity contribution in [3.63, 3.8) is 0 Å². The molecule has 5 N–H and O–H groups in total. The number of nitrogens with zero attached hydrogens (tertiary/aromatic N) is 3. The molecule has 1 aliphatic heterocycles. The van der Waals surface area contributed by atoms with E-state index in [9.17, 15) is 19.2 Å². The molecule has 12 heteroatoms. The second-order valence-corrected chi connectivity index (χ2v) is 3.75. The second kappa shape index (κ2) is 6.03. The predicted molar refractivity (Wildman–Crippen MR) is 58.1 cm³/mol. The van der Waals surface area contributed by atoms with Gasteiger partial charge in [-0.1, -0.05) is 0 Å². The van der Waals surface area contributed by atoms with Crippen LogP contribution in [0.2, 0.25) is 0 Å². The topological polar surface area (TPSA) is 171 Å². The SMILES string of the molecule is O=C(O)CC(C(=O)O)N1CCN(C(=O)O)N(C(=O)O)N1. The minimum Gasteiger partial charge on any atom is -0.481 e. The minimum atomic E-state index is -1.68. The zero-order valence-corrected chi connectivity index (χ0v) is 9.96. The lowest BCUT2D eigenvalue weighted by atomic mass is 10.2. The Morgan fingerprint density at radius 1 is 1.00 bits per heavy atom. The monoisotopic (exact) mass is 292 g/mol. The molecule has 20 heavy (non-hydrogen) atoms. The Labute approximate surface area is 111 Å². The van der Waals surface area contributed by atoms with Crippen LogP contribution in [0.1, 0.15) is 6.42 Å². The lowest BCUT2D eigenvalue weighted by Gasteiger charge is -2.42. The fourth-order valence-electron chi connectivity index (χ4n) is 1.58. The summed E-state index contributed by atoms with van der Waals surface area (Å²) in [4.78, 5) is 43.3. The average Bonchev–Trinajstić information content (AvgIpc) is 2.34. The number of carboxylic acids is 2. The Hall–Kier alpha value is -2.60. The van der Waals surface area contributed by atoms with Gasteiger partial charge in [-0.25, -0.2) is 14.6 Å². The van der Waals surface area contributed by atoms with Crippen molar-refractivity contribution in [3.8, 4) is 0 Å². The molecular formula is C8H12N4O8. The van der Waals surface area contributed by atoms with Crippen molar-refractivity contribution in [2.45, 2.75) is 12.5 Å². The summed E-state index contributed by atoms with van der Waals surface area (Å²) in [7, 11) is 0. The van der Waals surface area contributed by atoms with Crippen molar-refractivity contribution >= 4 is 24.1 Å².